The number of fused-ring (bicyclic) bond motifs is 2. The largest absolute Gasteiger partial charge is 0.336 e. The van der Waals surface area contributed by atoms with Crippen LogP contribution in [0.5, 0.6) is 0 Å². The van der Waals surface area contributed by atoms with Gasteiger partial charge in [-0.1, -0.05) is 6.07 Å². The zero-order valence-electron chi connectivity index (χ0n) is 15.4. The molecule has 2 N–H and O–H groups in total. The van der Waals surface area contributed by atoms with E-state index in [2.05, 4.69) is 25.1 Å². The molecule has 144 valence electrons. The number of rotatable bonds is 3. The zero-order chi connectivity index (χ0) is 20.1. The van der Waals surface area contributed by atoms with E-state index in [9.17, 15) is 0 Å². The summed E-state index contributed by atoms with van der Waals surface area (Å²) in [5.74, 6) is 0.129. The highest BCUT2D eigenvalue weighted by atomic mass is 32.1. The van der Waals surface area contributed by atoms with Gasteiger partial charge in [-0.25, -0.2) is 9.37 Å². The molecule has 6 rings (SSSR count). The molecule has 8 heteroatoms. The summed E-state index contributed by atoms with van der Waals surface area (Å²) in [5, 5.41) is 11.7. The van der Waals surface area contributed by atoms with E-state index in [0.717, 1.165) is 22.3 Å². The topological polar surface area (TPSA) is 83.1 Å². The number of nitrogens with zero attached hydrogens (tertiary/aromatic N) is 4. The maximum absolute atomic E-state index is 15.6. The van der Waals surface area contributed by atoms with Crippen molar-refractivity contribution in [2.24, 2.45) is 0 Å². The van der Waals surface area contributed by atoms with Crippen LogP contribution in [0.2, 0.25) is 0 Å². The lowest BCUT2D eigenvalue weighted by Gasteiger charge is -2.04. The Kier molecular flexibility index (Phi) is 3.72. The van der Waals surface area contributed by atoms with Crippen LogP contribution in [-0.2, 0) is 0 Å². The molecule has 0 aliphatic rings. The predicted octanol–water partition coefficient (Wildman–Crippen LogP) is 5.43. The van der Waals surface area contributed by atoms with Gasteiger partial charge >= 0.3 is 0 Å². The van der Waals surface area contributed by atoms with Gasteiger partial charge in [0.2, 0.25) is 0 Å². The summed E-state index contributed by atoms with van der Waals surface area (Å²) in [5.41, 5.74) is 5.54. The number of hydrogen-bond acceptors (Lipinski definition) is 5. The van der Waals surface area contributed by atoms with Gasteiger partial charge in [0.05, 0.1) is 22.1 Å². The van der Waals surface area contributed by atoms with Gasteiger partial charge in [-0.2, -0.15) is 16.4 Å². The molecule has 0 saturated heterocycles. The van der Waals surface area contributed by atoms with Crippen LogP contribution in [0, 0.1) is 5.82 Å². The van der Waals surface area contributed by atoms with Crippen molar-refractivity contribution in [2.75, 3.05) is 0 Å². The number of hydrogen-bond donors (Lipinski definition) is 2. The van der Waals surface area contributed by atoms with Crippen LogP contribution in [0.3, 0.4) is 0 Å². The number of pyridine rings is 2. The van der Waals surface area contributed by atoms with Crippen molar-refractivity contribution in [1.82, 2.24) is 30.1 Å². The minimum atomic E-state index is -0.360. The van der Waals surface area contributed by atoms with E-state index in [1.165, 1.54) is 0 Å². The first-order chi connectivity index (χ1) is 14.8. The maximum Gasteiger partial charge on any atom is 0.159 e. The Hall–Kier alpha value is -3.91. The molecule has 30 heavy (non-hydrogen) atoms. The molecular formula is C22H13FN6S. The van der Waals surface area contributed by atoms with Crippen molar-refractivity contribution in [1.29, 1.82) is 0 Å². The first kappa shape index (κ1) is 17.0. The van der Waals surface area contributed by atoms with Gasteiger partial charge in [0.15, 0.2) is 5.82 Å². The highest BCUT2D eigenvalue weighted by Crippen LogP contribution is 2.35. The number of halogens is 1. The van der Waals surface area contributed by atoms with Gasteiger partial charge in [-0.05, 0) is 35.7 Å². The number of aromatic amines is 2. The highest BCUT2D eigenvalue weighted by molar-refractivity contribution is 7.08. The number of nitrogens with one attached hydrogen (secondary N) is 2. The average Bonchev–Trinajstić information content (AvgIpc) is 3.53. The number of benzene rings is 1. The molecule has 0 unspecified atom stereocenters. The van der Waals surface area contributed by atoms with E-state index in [1.54, 1.807) is 42.1 Å². The Balaban J connectivity index is 1.57. The summed E-state index contributed by atoms with van der Waals surface area (Å²) in [6.07, 6.45) is 5.04. The number of aromatic nitrogens is 6. The molecule has 0 saturated carbocycles. The van der Waals surface area contributed by atoms with E-state index < -0.39 is 0 Å². The third-order valence-electron chi connectivity index (χ3n) is 5.06. The van der Waals surface area contributed by atoms with Crippen molar-refractivity contribution in [3.05, 3.63) is 71.6 Å². The highest BCUT2D eigenvalue weighted by Gasteiger charge is 2.20. The van der Waals surface area contributed by atoms with Crippen LogP contribution >= 0.6 is 11.3 Å². The number of H-pyrrole nitrogens is 2. The SMILES string of the molecule is Fc1c(-c2cccnc2)ccc2[nH]nc(-c3nc4c(-c5ccsc5)nccc4[nH]3)c12. The molecule has 0 radical (unpaired) electrons. The lowest BCUT2D eigenvalue weighted by molar-refractivity contribution is 0.643. The quantitative estimate of drug-likeness (QED) is 0.406. The van der Waals surface area contributed by atoms with Crippen LogP contribution < -0.4 is 0 Å². The molecule has 1 aromatic carbocycles. The second kappa shape index (κ2) is 6.57. The first-order valence-corrected chi connectivity index (χ1v) is 10.2. The van der Waals surface area contributed by atoms with Gasteiger partial charge in [0.25, 0.3) is 0 Å². The fraction of sp³-hybridized carbons (Fsp3) is 0. The summed E-state index contributed by atoms with van der Waals surface area (Å²) < 4.78 is 15.6. The summed E-state index contributed by atoms with van der Waals surface area (Å²) in [4.78, 5) is 16.6. The monoisotopic (exact) mass is 412 g/mol. The fourth-order valence-corrected chi connectivity index (χ4v) is 4.29. The van der Waals surface area contributed by atoms with Crippen molar-refractivity contribution < 1.29 is 4.39 Å². The lowest BCUT2D eigenvalue weighted by Crippen LogP contribution is -1.89. The molecule has 0 spiro atoms. The molecule has 0 amide bonds. The summed E-state index contributed by atoms with van der Waals surface area (Å²) in [7, 11) is 0. The molecule has 6 nitrogen and oxygen atoms in total. The van der Waals surface area contributed by atoms with E-state index in [4.69, 9.17) is 4.98 Å². The van der Waals surface area contributed by atoms with Crippen molar-refractivity contribution in [3.8, 4) is 33.9 Å². The van der Waals surface area contributed by atoms with Gasteiger partial charge in [0.1, 0.15) is 17.0 Å². The Morgan fingerprint density at radius 2 is 1.90 bits per heavy atom. The smallest absolute Gasteiger partial charge is 0.159 e. The Morgan fingerprint density at radius 1 is 0.933 bits per heavy atom. The summed E-state index contributed by atoms with van der Waals surface area (Å²) in [6.45, 7) is 0. The average molecular weight is 412 g/mol. The Morgan fingerprint density at radius 3 is 2.73 bits per heavy atom. The molecule has 0 aliphatic carbocycles. The maximum atomic E-state index is 15.6. The van der Waals surface area contributed by atoms with Crippen molar-refractivity contribution in [3.63, 3.8) is 0 Å². The van der Waals surface area contributed by atoms with Crippen molar-refractivity contribution in [2.45, 2.75) is 0 Å². The molecule has 5 aromatic heterocycles. The van der Waals surface area contributed by atoms with Crippen LogP contribution in [0.25, 0.3) is 55.8 Å². The van der Waals surface area contributed by atoms with Gasteiger partial charge in [0, 0.05) is 40.7 Å². The zero-order valence-corrected chi connectivity index (χ0v) is 16.2. The number of thiophene rings is 1. The molecule has 0 bridgehead atoms. The van der Waals surface area contributed by atoms with Gasteiger partial charge in [-0.3, -0.25) is 15.1 Å². The van der Waals surface area contributed by atoms with Gasteiger partial charge < -0.3 is 4.98 Å². The normalized spacial score (nSPS) is 11.5. The van der Waals surface area contributed by atoms with E-state index in [1.807, 2.05) is 35.0 Å². The van der Waals surface area contributed by atoms with E-state index in [-0.39, 0.29) is 5.82 Å². The molecule has 5 heterocycles. The van der Waals surface area contributed by atoms with Crippen LogP contribution in [0.15, 0.2) is 65.7 Å². The van der Waals surface area contributed by atoms with E-state index >= 15 is 4.39 Å². The molecule has 0 fully saturated rings. The van der Waals surface area contributed by atoms with Gasteiger partial charge in [-0.15, -0.1) is 0 Å². The van der Waals surface area contributed by atoms with E-state index in [0.29, 0.717) is 33.5 Å². The molecule has 6 aromatic rings. The second-order valence-corrected chi connectivity index (χ2v) is 7.60. The third-order valence-corrected chi connectivity index (χ3v) is 5.74. The molecule has 0 atom stereocenters. The van der Waals surface area contributed by atoms with Crippen LogP contribution in [0.4, 0.5) is 4.39 Å². The van der Waals surface area contributed by atoms with Crippen LogP contribution in [-0.4, -0.2) is 30.1 Å². The minimum absolute atomic E-state index is 0.360. The molecule has 0 aliphatic heterocycles. The standard InChI is InChI=1S/C22H13FN6S/c23-18-14(12-2-1-7-24-10-12)3-4-15-17(18)21(29-28-15)22-26-16-5-8-25-19(20(16)27-22)13-6-9-30-11-13/h1-11H,(H,26,27)(H,28,29). The van der Waals surface area contributed by atoms with Crippen LogP contribution in [0.1, 0.15) is 0 Å². The summed E-state index contributed by atoms with van der Waals surface area (Å²) >= 11 is 1.60. The number of imidazole rings is 1. The minimum Gasteiger partial charge on any atom is -0.336 e. The Labute approximate surface area is 173 Å². The predicted molar refractivity (Wildman–Crippen MR) is 115 cm³/mol. The fourth-order valence-electron chi connectivity index (χ4n) is 3.65. The van der Waals surface area contributed by atoms with Crippen molar-refractivity contribution >= 4 is 33.3 Å². The summed E-state index contributed by atoms with van der Waals surface area (Å²) in [6, 6.07) is 11.0. The second-order valence-electron chi connectivity index (χ2n) is 6.82. The Bertz CT molecular complexity index is 1500. The first-order valence-electron chi connectivity index (χ1n) is 9.24. The molecular weight excluding hydrogens is 399 g/mol. The lowest BCUT2D eigenvalue weighted by atomic mass is 10.0. The third kappa shape index (κ3) is 2.54.